The number of ether oxygens (including phenoxy) is 1. The van der Waals surface area contributed by atoms with Gasteiger partial charge in [0.25, 0.3) is 5.91 Å². The van der Waals surface area contributed by atoms with E-state index in [1.54, 1.807) is 24.3 Å². The highest BCUT2D eigenvalue weighted by atomic mass is 32.2. The van der Waals surface area contributed by atoms with E-state index in [9.17, 15) is 13.2 Å². The molecule has 0 saturated heterocycles. The van der Waals surface area contributed by atoms with Gasteiger partial charge in [-0.05, 0) is 36.6 Å². The molecular formula is C20H24N2O4S. The Kier molecular flexibility index (Phi) is 5.41. The van der Waals surface area contributed by atoms with Crippen LogP contribution >= 0.6 is 0 Å². The molecule has 0 radical (unpaired) electrons. The smallest absolute Gasteiger partial charge is 0.263 e. The molecule has 1 heterocycles. The zero-order valence-electron chi connectivity index (χ0n) is 15.7. The van der Waals surface area contributed by atoms with Gasteiger partial charge in [-0.25, -0.2) is 8.42 Å². The average Bonchev–Trinajstić information content (AvgIpc) is 2.66. The van der Waals surface area contributed by atoms with Crippen LogP contribution < -0.4 is 14.4 Å². The van der Waals surface area contributed by atoms with Crippen LogP contribution in [-0.2, 0) is 21.2 Å². The summed E-state index contributed by atoms with van der Waals surface area (Å²) in [6.45, 7) is 3.93. The molecule has 7 heteroatoms. The molecule has 0 fully saturated rings. The van der Waals surface area contributed by atoms with Crippen LogP contribution in [0.15, 0.2) is 48.5 Å². The van der Waals surface area contributed by atoms with Crippen LogP contribution in [0.25, 0.3) is 0 Å². The summed E-state index contributed by atoms with van der Waals surface area (Å²) in [6.07, 6.45) is 1.17. The van der Waals surface area contributed by atoms with Gasteiger partial charge in [-0.3, -0.25) is 9.10 Å². The monoisotopic (exact) mass is 388 g/mol. The van der Waals surface area contributed by atoms with Crippen molar-refractivity contribution in [2.75, 3.05) is 17.1 Å². The summed E-state index contributed by atoms with van der Waals surface area (Å²) < 4.78 is 31.3. The van der Waals surface area contributed by atoms with E-state index in [-0.39, 0.29) is 18.5 Å². The zero-order valence-corrected chi connectivity index (χ0v) is 16.5. The first kappa shape index (κ1) is 19.2. The predicted molar refractivity (Wildman–Crippen MR) is 105 cm³/mol. The Bertz CT molecular complexity index is 925. The maximum Gasteiger partial charge on any atom is 0.263 e. The lowest BCUT2D eigenvalue weighted by Crippen LogP contribution is -2.50. The Labute approximate surface area is 160 Å². The number of benzene rings is 2. The van der Waals surface area contributed by atoms with Crippen LogP contribution in [0.5, 0.6) is 5.75 Å². The highest BCUT2D eigenvalue weighted by Crippen LogP contribution is 2.34. The van der Waals surface area contributed by atoms with Gasteiger partial charge in [0.2, 0.25) is 10.0 Å². The van der Waals surface area contributed by atoms with Gasteiger partial charge in [0.15, 0.2) is 6.10 Å². The third-order valence-electron chi connectivity index (χ3n) is 4.67. The fourth-order valence-electron chi connectivity index (χ4n) is 3.08. The molecule has 144 valence electrons. The first-order valence-electron chi connectivity index (χ1n) is 8.92. The molecule has 2 atom stereocenters. The van der Waals surface area contributed by atoms with Gasteiger partial charge < -0.3 is 10.1 Å². The molecule has 1 aliphatic rings. The van der Waals surface area contributed by atoms with Crippen LogP contribution in [0.3, 0.4) is 0 Å². The maximum absolute atomic E-state index is 12.7. The van der Waals surface area contributed by atoms with Crippen LogP contribution in [0, 0.1) is 0 Å². The second-order valence-electron chi connectivity index (χ2n) is 6.69. The second kappa shape index (κ2) is 7.60. The first-order chi connectivity index (χ1) is 12.8. The molecule has 1 aliphatic heterocycles. The van der Waals surface area contributed by atoms with E-state index >= 15 is 0 Å². The standard InChI is InChI=1S/C20H24N2O4S/c1-4-15-9-11-16(12-10-15)14(2)21-20(23)19-13-22(27(3,24)25)17-7-5-6-8-18(17)26-19/h5-12,14,19H,4,13H2,1-3H3,(H,21,23)/t14-,19+/m0/s1. The molecule has 0 aromatic heterocycles. The Morgan fingerprint density at radius 1 is 1.22 bits per heavy atom. The summed E-state index contributed by atoms with van der Waals surface area (Å²) in [7, 11) is -3.52. The topological polar surface area (TPSA) is 75.7 Å². The lowest BCUT2D eigenvalue weighted by Gasteiger charge is -2.34. The summed E-state index contributed by atoms with van der Waals surface area (Å²) in [5, 5.41) is 2.92. The molecule has 6 nitrogen and oxygen atoms in total. The average molecular weight is 388 g/mol. The fourth-order valence-corrected chi connectivity index (χ4v) is 4.00. The van der Waals surface area contributed by atoms with E-state index in [1.165, 1.54) is 9.87 Å². The lowest BCUT2D eigenvalue weighted by molar-refractivity contribution is -0.128. The minimum atomic E-state index is -3.52. The molecule has 0 spiro atoms. The first-order valence-corrected chi connectivity index (χ1v) is 10.8. The summed E-state index contributed by atoms with van der Waals surface area (Å²) in [5.74, 6) is 0.0412. The highest BCUT2D eigenvalue weighted by molar-refractivity contribution is 7.92. The minimum absolute atomic E-state index is 0.0524. The molecule has 1 N–H and O–H groups in total. The van der Waals surface area contributed by atoms with Crippen molar-refractivity contribution in [2.45, 2.75) is 32.4 Å². The number of aryl methyl sites for hydroxylation is 1. The van der Waals surface area contributed by atoms with E-state index in [0.29, 0.717) is 11.4 Å². The number of anilines is 1. The van der Waals surface area contributed by atoms with Gasteiger partial charge in [-0.1, -0.05) is 43.3 Å². The van der Waals surface area contributed by atoms with Crippen molar-refractivity contribution in [1.29, 1.82) is 0 Å². The fraction of sp³-hybridized carbons (Fsp3) is 0.350. The third-order valence-corrected chi connectivity index (χ3v) is 5.82. The third kappa shape index (κ3) is 4.24. The maximum atomic E-state index is 12.7. The Morgan fingerprint density at radius 2 is 1.89 bits per heavy atom. The van der Waals surface area contributed by atoms with E-state index < -0.39 is 16.1 Å². The van der Waals surface area contributed by atoms with Crippen LogP contribution in [0.1, 0.15) is 31.0 Å². The van der Waals surface area contributed by atoms with Crippen molar-refractivity contribution >= 4 is 21.6 Å². The van der Waals surface area contributed by atoms with Crippen LogP contribution in [0.2, 0.25) is 0 Å². The second-order valence-corrected chi connectivity index (χ2v) is 8.60. The number of fused-ring (bicyclic) bond motifs is 1. The Morgan fingerprint density at radius 3 is 2.52 bits per heavy atom. The number of hydrogen-bond donors (Lipinski definition) is 1. The molecule has 0 unspecified atom stereocenters. The summed E-state index contributed by atoms with van der Waals surface area (Å²) in [6, 6.07) is 14.7. The number of carbonyl (C=O) groups is 1. The van der Waals surface area contributed by atoms with E-state index in [4.69, 9.17) is 4.74 Å². The summed E-state index contributed by atoms with van der Waals surface area (Å²) in [5.41, 5.74) is 2.66. The molecule has 27 heavy (non-hydrogen) atoms. The molecule has 2 aromatic carbocycles. The van der Waals surface area contributed by atoms with Gasteiger partial charge in [0, 0.05) is 0 Å². The summed E-state index contributed by atoms with van der Waals surface area (Å²) in [4.78, 5) is 12.7. The summed E-state index contributed by atoms with van der Waals surface area (Å²) >= 11 is 0. The van der Waals surface area contributed by atoms with Gasteiger partial charge in [0.05, 0.1) is 24.5 Å². The SMILES string of the molecule is CCc1ccc([C@H](C)NC(=O)[C@H]2CN(S(C)(=O)=O)c3ccccc3O2)cc1. The largest absolute Gasteiger partial charge is 0.476 e. The number of para-hydroxylation sites is 2. The molecule has 1 amide bonds. The molecule has 0 aliphatic carbocycles. The van der Waals surface area contributed by atoms with Gasteiger partial charge in [-0.2, -0.15) is 0 Å². The number of nitrogens with one attached hydrogen (secondary N) is 1. The van der Waals surface area contributed by atoms with Crippen molar-refractivity contribution < 1.29 is 17.9 Å². The van der Waals surface area contributed by atoms with Gasteiger partial charge >= 0.3 is 0 Å². The van der Waals surface area contributed by atoms with E-state index in [1.807, 2.05) is 31.2 Å². The van der Waals surface area contributed by atoms with Crippen molar-refractivity contribution in [3.8, 4) is 5.75 Å². The number of amides is 1. The molecule has 3 rings (SSSR count). The number of nitrogens with zero attached hydrogens (tertiary/aromatic N) is 1. The van der Waals surface area contributed by atoms with Crippen LogP contribution in [0.4, 0.5) is 5.69 Å². The van der Waals surface area contributed by atoms with Gasteiger partial charge in [0.1, 0.15) is 5.75 Å². The Balaban J connectivity index is 1.76. The number of rotatable bonds is 5. The highest BCUT2D eigenvalue weighted by Gasteiger charge is 2.35. The van der Waals surface area contributed by atoms with Gasteiger partial charge in [-0.15, -0.1) is 0 Å². The number of sulfonamides is 1. The van der Waals surface area contributed by atoms with Crippen molar-refractivity contribution in [1.82, 2.24) is 5.32 Å². The van der Waals surface area contributed by atoms with Crippen molar-refractivity contribution in [3.05, 3.63) is 59.7 Å². The predicted octanol–water partition coefficient (Wildman–Crippen LogP) is 2.65. The van der Waals surface area contributed by atoms with E-state index in [0.717, 1.165) is 18.2 Å². The lowest BCUT2D eigenvalue weighted by atomic mass is 10.0. The molecule has 2 aromatic rings. The number of hydrogen-bond acceptors (Lipinski definition) is 4. The molecular weight excluding hydrogens is 364 g/mol. The molecule has 0 saturated carbocycles. The number of carbonyl (C=O) groups excluding carboxylic acids is 1. The van der Waals surface area contributed by atoms with E-state index in [2.05, 4.69) is 12.2 Å². The zero-order chi connectivity index (χ0) is 19.6. The van der Waals surface area contributed by atoms with Crippen molar-refractivity contribution in [2.24, 2.45) is 0 Å². The quantitative estimate of drug-likeness (QED) is 0.854. The Hall–Kier alpha value is -2.54. The molecule has 0 bridgehead atoms. The minimum Gasteiger partial charge on any atom is -0.476 e. The normalized spacial score (nSPS) is 17.6. The van der Waals surface area contributed by atoms with Crippen LogP contribution in [-0.4, -0.2) is 33.2 Å². The van der Waals surface area contributed by atoms with Crippen molar-refractivity contribution in [3.63, 3.8) is 0 Å².